The van der Waals surface area contributed by atoms with Gasteiger partial charge in [-0.05, 0) is 18.8 Å². The molecule has 17 heavy (non-hydrogen) atoms. The maximum atomic E-state index is 11.9. The van der Waals surface area contributed by atoms with Gasteiger partial charge in [0.25, 0.3) is 0 Å². The van der Waals surface area contributed by atoms with Crippen molar-refractivity contribution in [3.8, 4) is 0 Å². The molecule has 4 heteroatoms. The monoisotopic (exact) mass is 240 g/mol. The molecule has 0 radical (unpaired) electrons. The van der Waals surface area contributed by atoms with Gasteiger partial charge in [-0.25, -0.2) is 0 Å². The first-order valence-corrected chi connectivity index (χ1v) is 6.86. The summed E-state index contributed by atoms with van der Waals surface area (Å²) >= 11 is 0. The summed E-state index contributed by atoms with van der Waals surface area (Å²) < 4.78 is 5.24. The summed E-state index contributed by atoms with van der Waals surface area (Å²) in [5.41, 5.74) is 0. The summed E-state index contributed by atoms with van der Waals surface area (Å²) in [6.45, 7) is 6.04. The fraction of sp³-hybridized carbons (Fsp3) is 0.923. The first kappa shape index (κ1) is 12.8. The van der Waals surface area contributed by atoms with E-state index in [0.717, 1.165) is 25.6 Å². The van der Waals surface area contributed by atoms with Gasteiger partial charge in [-0.15, -0.1) is 0 Å². The lowest BCUT2D eigenvalue weighted by molar-refractivity contribution is -0.135. The molecular weight excluding hydrogens is 216 g/mol. The molecule has 1 aliphatic carbocycles. The van der Waals surface area contributed by atoms with Gasteiger partial charge in [-0.2, -0.15) is 0 Å². The van der Waals surface area contributed by atoms with E-state index in [-0.39, 0.29) is 5.91 Å². The molecule has 2 atom stereocenters. The van der Waals surface area contributed by atoms with Crippen LogP contribution in [0.4, 0.5) is 0 Å². The number of carbonyl (C=O) groups excluding carboxylic acids is 1. The Bertz CT molecular complexity index is 252. The molecule has 0 aromatic carbocycles. The van der Waals surface area contributed by atoms with Gasteiger partial charge in [-0.1, -0.05) is 13.3 Å². The Balaban J connectivity index is 1.62. The van der Waals surface area contributed by atoms with Crippen LogP contribution in [0.5, 0.6) is 0 Å². The molecule has 0 aromatic rings. The first-order chi connectivity index (χ1) is 8.27. The second-order valence-electron chi connectivity index (χ2n) is 5.21. The molecule has 0 aromatic heterocycles. The Morgan fingerprint density at radius 1 is 1.35 bits per heavy atom. The van der Waals surface area contributed by atoms with Crippen LogP contribution >= 0.6 is 0 Å². The van der Waals surface area contributed by atoms with Crippen molar-refractivity contribution < 1.29 is 9.53 Å². The molecule has 2 unspecified atom stereocenters. The number of nitrogens with zero attached hydrogens (tertiary/aromatic N) is 1. The summed E-state index contributed by atoms with van der Waals surface area (Å²) in [5, 5.41) is 3.52. The molecule has 1 amide bonds. The van der Waals surface area contributed by atoms with E-state index in [2.05, 4.69) is 12.2 Å². The van der Waals surface area contributed by atoms with Crippen molar-refractivity contribution >= 4 is 5.91 Å². The lowest BCUT2D eigenvalue weighted by Gasteiger charge is -2.27. The predicted octanol–water partition coefficient (Wildman–Crippen LogP) is 1.01. The average Bonchev–Trinajstić information content (AvgIpc) is 2.76. The van der Waals surface area contributed by atoms with Crippen LogP contribution in [-0.2, 0) is 9.53 Å². The predicted molar refractivity (Wildman–Crippen MR) is 66.8 cm³/mol. The van der Waals surface area contributed by atoms with Crippen molar-refractivity contribution in [1.29, 1.82) is 0 Å². The molecule has 0 bridgehead atoms. The summed E-state index contributed by atoms with van der Waals surface area (Å²) in [4.78, 5) is 13.8. The lowest BCUT2D eigenvalue weighted by atomic mass is 10.1. The molecule has 0 spiro atoms. The smallest absolute Gasteiger partial charge is 0.224 e. The SMILES string of the molecule is CC1CCCC1NCCC(=O)N1CCOCC1. The van der Waals surface area contributed by atoms with Crippen molar-refractivity contribution in [3.05, 3.63) is 0 Å². The number of hydrogen-bond acceptors (Lipinski definition) is 3. The Hall–Kier alpha value is -0.610. The Labute approximate surface area is 104 Å². The molecule has 1 N–H and O–H groups in total. The Kier molecular flexibility index (Phi) is 4.80. The molecule has 4 nitrogen and oxygen atoms in total. The van der Waals surface area contributed by atoms with Crippen LogP contribution in [0.3, 0.4) is 0 Å². The third-order valence-electron chi connectivity index (χ3n) is 3.97. The fourth-order valence-corrected chi connectivity index (χ4v) is 2.78. The lowest BCUT2D eigenvalue weighted by Crippen LogP contribution is -2.42. The van der Waals surface area contributed by atoms with Crippen LogP contribution in [0.25, 0.3) is 0 Å². The summed E-state index contributed by atoms with van der Waals surface area (Å²) in [6.07, 6.45) is 4.56. The average molecular weight is 240 g/mol. The minimum Gasteiger partial charge on any atom is -0.378 e. The Morgan fingerprint density at radius 2 is 2.12 bits per heavy atom. The largest absolute Gasteiger partial charge is 0.378 e. The number of amides is 1. The normalized spacial score (nSPS) is 29.6. The molecule has 1 saturated heterocycles. The third kappa shape index (κ3) is 3.68. The topological polar surface area (TPSA) is 41.6 Å². The highest BCUT2D eigenvalue weighted by molar-refractivity contribution is 5.76. The zero-order chi connectivity index (χ0) is 12.1. The molecular formula is C13H24N2O2. The molecule has 1 heterocycles. The first-order valence-electron chi connectivity index (χ1n) is 6.86. The molecule has 2 aliphatic rings. The van der Waals surface area contributed by atoms with Gasteiger partial charge >= 0.3 is 0 Å². The van der Waals surface area contributed by atoms with Crippen molar-refractivity contribution in [2.75, 3.05) is 32.8 Å². The highest BCUT2D eigenvalue weighted by atomic mass is 16.5. The number of ether oxygens (including phenoxy) is 1. The van der Waals surface area contributed by atoms with E-state index >= 15 is 0 Å². The third-order valence-corrected chi connectivity index (χ3v) is 3.97. The number of rotatable bonds is 4. The highest BCUT2D eigenvalue weighted by Crippen LogP contribution is 2.24. The van der Waals surface area contributed by atoms with Gasteiger partial charge in [0, 0.05) is 32.1 Å². The number of morpholine rings is 1. The zero-order valence-electron chi connectivity index (χ0n) is 10.8. The van der Waals surface area contributed by atoms with Gasteiger partial charge in [-0.3, -0.25) is 4.79 Å². The van der Waals surface area contributed by atoms with Crippen LogP contribution in [0.15, 0.2) is 0 Å². The van der Waals surface area contributed by atoms with Gasteiger partial charge in [0.1, 0.15) is 0 Å². The maximum absolute atomic E-state index is 11.9. The van der Waals surface area contributed by atoms with E-state index in [1.54, 1.807) is 0 Å². The second-order valence-corrected chi connectivity index (χ2v) is 5.21. The van der Waals surface area contributed by atoms with Crippen LogP contribution in [-0.4, -0.2) is 49.7 Å². The van der Waals surface area contributed by atoms with Crippen molar-refractivity contribution in [1.82, 2.24) is 10.2 Å². The van der Waals surface area contributed by atoms with Crippen molar-refractivity contribution in [2.24, 2.45) is 5.92 Å². The van der Waals surface area contributed by atoms with E-state index in [1.807, 2.05) is 4.90 Å². The Morgan fingerprint density at radius 3 is 2.76 bits per heavy atom. The van der Waals surface area contributed by atoms with Gasteiger partial charge in [0.05, 0.1) is 13.2 Å². The standard InChI is InChI=1S/C13H24N2O2/c1-11-3-2-4-12(11)14-6-5-13(16)15-7-9-17-10-8-15/h11-12,14H,2-10H2,1H3. The fourth-order valence-electron chi connectivity index (χ4n) is 2.78. The minimum atomic E-state index is 0.270. The van der Waals surface area contributed by atoms with E-state index in [9.17, 15) is 4.79 Å². The minimum absolute atomic E-state index is 0.270. The van der Waals surface area contributed by atoms with Crippen LogP contribution in [0.1, 0.15) is 32.6 Å². The van der Waals surface area contributed by atoms with E-state index in [4.69, 9.17) is 4.74 Å². The highest BCUT2D eigenvalue weighted by Gasteiger charge is 2.23. The van der Waals surface area contributed by atoms with Crippen molar-refractivity contribution in [3.63, 3.8) is 0 Å². The molecule has 2 rings (SSSR count). The van der Waals surface area contributed by atoms with E-state index in [1.165, 1.54) is 19.3 Å². The van der Waals surface area contributed by atoms with E-state index in [0.29, 0.717) is 25.7 Å². The van der Waals surface area contributed by atoms with E-state index < -0.39 is 0 Å². The second kappa shape index (κ2) is 6.36. The summed E-state index contributed by atoms with van der Waals surface area (Å²) in [7, 11) is 0. The number of nitrogens with one attached hydrogen (secondary N) is 1. The number of carbonyl (C=O) groups is 1. The van der Waals surface area contributed by atoms with Crippen LogP contribution in [0, 0.1) is 5.92 Å². The maximum Gasteiger partial charge on any atom is 0.224 e. The molecule has 98 valence electrons. The van der Waals surface area contributed by atoms with Crippen LogP contribution < -0.4 is 5.32 Å². The van der Waals surface area contributed by atoms with Gasteiger partial charge < -0.3 is 15.0 Å². The zero-order valence-corrected chi connectivity index (χ0v) is 10.8. The molecule has 2 fully saturated rings. The summed E-state index contributed by atoms with van der Waals surface area (Å²) in [6, 6.07) is 0.632. The van der Waals surface area contributed by atoms with Crippen molar-refractivity contribution in [2.45, 2.75) is 38.6 Å². The summed E-state index contributed by atoms with van der Waals surface area (Å²) in [5.74, 6) is 1.04. The molecule has 1 aliphatic heterocycles. The van der Waals surface area contributed by atoms with Crippen LogP contribution in [0.2, 0.25) is 0 Å². The van der Waals surface area contributed by atoms with Gasteiger partial charge in [0.15, 0.2) is 0 Å². The van der Waals surface area contributed by atoms with Gasteiger partial charge in [0.2, 0.25) is 5.91 Å². The molecule has 1 saturated carbocycles. The quantitative estimate of drug-likeness (QED) is 0.797. The number of hydrogen-bond donors (Lipinski definition) is 1.